The number of ether oxygens (including phenoxy) is 1. The summed E-state index contributed by atoms with van der Waals surface area (Å²) in [4.78, 5) is 10.6. The van der Waals surface area contributed by atoms with Crippen LogP contribution in [-0.4, -0.2) is 17.2 Å². The number of benzene rings is 1. The molecule has 0 bridgehead atoms. The molecule has 0 amide bonds. The molecular weight excluding hydrogens is 296 g/mol. The monoisotopic (exact) mass is 312 g/mol. The maximum absolute atomic E-state index is 10.6. The van der Waals surface area contributed by atoms with E-state index in [1.807, 2.05) is 32.9 Å². The van der Waals surface area contributed by atoms with Gasteiger partial charge in [0.25, 0.3) is 0 Å². The van der Waals surface area contributed by atoms with Crippen molar-refractivity contribution in [3.05, 3.63) is 33.8 Å². The Bertz CT molecular complexity index is 466. The number of aliphatic carboxylic acids is 1. The van der Waals surface area contributed by atoms with Gasteiger partial charge >= 0.3 is 5.97 Å². The lowest BCUT2D eigenvalue weighted by atomic mass is 10.1. The molecular formula is C14H17BrO3. The predicted octanol–water partition coefficient (Wildman–Crippen LogP) is 4.03. The summed E-state index contributed by atoms with van der Waals surface area (Å²) < 4.78 is 6.75. The summed E-state index contributed by atoms with van der Waals surface area (Å²) in [6.07, 6.45) is 3.67. The lowest BCUT2D eigenvalue weighted by Gasteiger charge is -2.17. The first-order chi connectivity index (χ1) is 8.43. The number of hydrogen-bond donors (Lipinski definition) is 1. The van der Waals surface area contributed by atoms with E-state index in [0.717, 1.165) is 33.8 Å². The molecule has 1 N–H and O–H groups in total. The smallest absolute Gasteiger partial charge is 0.328 e. The first-order valence-corrected chi connectivity index (χ1v) is 6.61. The third kappa shape index (κ3) is 4.18. The molecule has 0 radical (unpaired) electrons. The molecule has 98 valence electrons. The van der Waals surface area contributed by atoms with Crippen LogP contribution in [0.2, 0.25) is 0 Å². The van der Waals surface area contributed by atoms with E-state index in [0.29, 0.717) is 0 Å². The molecule has 0 aliphatic carbocycles. The summed E-state index contributed by atoms with van der Waals surface area (Å²) in [7, 11) is 0. The van der Waals surface area contributed by atoms with Crippen LogP contribution in [0.25, 0.3) is 6.08 Å². The molecule has 3 nitrogen and oxygen atoms in total. The van der Waals surface area contributed by atoms with Gasteiger partial charge in [-0.3, -0.25) is 0 Å². The zero-order valence-corrected chi connectivity index (χ0v) is 12.3. The zero-order chi connectivity index (χ0) is 13.7. The standard InChI is InChI=1S/C14H17BrO3/c1-4-10(3)18-14-9(2)7-12(15)8-11(14)5-6-13(16)17/h5-8,10H,4H2,1-3H3,(H,16,17)/b6-5+. The fourth-order valence-corrected chi connectivity index (χ4v) is 2.08. The first kappa shape index (κ1) is 14.8. The van der Waals surface area contributed by atoms with Gasteiger partial charge in [0, 0.05) is 16.1 Å². The second kappa shape index (κ2) is 6.59. The van der Waals surface area contributed by atoms with E-state index < -0.39 is 5.97 Å². The van der Waals surface area contributed by atoms with Crippen LogP contribution in [0.3, 0.4) is 0 Å². The average molecular weight is 313 g/mol. The molecule has 1 unspecified atom stereocenters. The zero-order valence-electron chi connectivity index (χ0n) is 10.7. The molecule has 0 saturated carbocycles. The van der Waals surface area contributed by atoms with Gasteiger partial charge in [-0.2, -0.15) is 0 Å². The third-order valence-electron chi connectivity index (χ3n) is 2.57. The van der Waals surface area contributed by atoms with Crippen LogP contribution in [0.4, 0.5) is 0 Å². The van der Waals surface area contributed by atoms with Crippen molar-refractivity contribution in [2.75, 3.05) is 0 Å². The molecule has 0 saturated heterocycles. The highest BCUT2D eigenvalue weighted by Gasteiger charge is 2.10. The van der Waals surface area contributed by atoms with Crippen molar-refractivity contribution in [3.8, 4) is 5.75 Å². The minimum Gasteiger partial charge on any atom is -0.490 e. The lowest BCUT2D eigenvalue weighted by molar-refractivity contribution is -0.131. The molecule has 0 aromatic heterocycles. The van der Waals surface area contributed by atoms with Gasteiger partial charge < -0.3 is 9.84 Å². The number of rotatable bonds is 5. The number of carboxylic acids is 1. The topological polar surface area (TPSA) is 46.5 Å². The average Bonchev–Trinajstić information content (AvgIpc) is 2.29. The summed E-state index contributed by atoms with van der Waals surface area (Å²) in [6, 6.07) is 3.81. The van der Waals surface area contributed by atoms with Crippen molar-refractivity contribution in [3.63, 3.8) is 0 Å². The van der Waals surface area contributed by atoms with Crippen molar-refractivity contribution < 1.29 is 14.6 Å². The Morgan fingerprint density at radius 3 is 2.78 bits per heavy atom. The molecule has 1 aromatic carbocycles. The van der Waals surface area contributed by atoms with Gasteiger partial charge in [-0.1, -0.05) is 22.9 Å². The Morgan fingerprint density at radius 2 is 2.22 bits per heavy atom. The highest BCUT2D eigenvalue weighted by molar-refractivity contribution is 9.10. The Balaban J connectivity index is 3.16. The SMILES string of the molecule is CCC(C)Oc1c(C)cc(Br)cc1/C=C/C(=O)O. The van der Waals surface area contributed by atoms with E-state index in [1.54, 1.807) is 6.08 Å². The Hall–Kier alpha value is -1.29. The van der Waals surface area contributed by atoms with E-state index in [1.165, 1.54) is 0 Å². The van der Waals surface area contributed by atoms with Crippen LogP contribution in [0.1, 0.15) is 31.4 Å². The van der Waals surface area contributed by atoms with Crippen LogP contribution in [-0.2, 0) is 4.79 Å². The first-order valence-electron chi connectivity index (χ1n) is 5.81. The normalized spacial score (nSPS) is 12.7. The Labute approximate surface area is 116 Å². The van der Waals surface area contributed by atoms with Gasteiger partial charge in [-0.05, 0) is 44.0 Å². The van der Waals surface area contributed by atoms with Gasteiger partial charge in [-0.15, -0.1) is 0 Å². The summed E-state index contributed by atoms with van der Waals surface area (Å²) >= 11 is 3.40. The van der Waals surface area contributed by atoms with E-state index in [-0.39, 0.29) is 6.10 Å². The van der Waals surface area contributed by atoms with Crippen LogP contribution < -0.4 is 4.74 Å². The summed E-state index contributed by atoms with van der Waals surface area (Å²) in [5.74, 6) is -0.229. The molecule has 1 aromatic rings. The molecule has 1 atom stereocenters. The molecule has 0 aliphatic rings. The lowest BCUT2D eigenvalue weighted by Crippen LogP contribution is -2.11. The second-order valence-electron chi connectivity index (χ2n) is 4.15. The molecule has 0 fully saturated rings. The maximum Gasteiger partial charge on any atom is 0.328 e. The molecule has 18 heavy (non-hydrogen) atoms. The highest BCUT2D eigenvalue weighted by atomic mass is 79.9. The quantitative estimate of drug-likeness (QED) is 0.835. The van der Waals surface area contributed by atoms with Gasteiger partial charge in [0.15, 0.2) is 0 Å². The predicted molar refractivity (Wildman–Crippen MR) is 75.9 cm³/mol. The number of hydrogen-bond acceptors (Lipinski definition) is 2. The van der Waals surface area contributed by atoms with Gasteiger partial charge in [-0.25, -0.2) is 4.79 Å². The van der Waals surface area contributed by atoms with E-state index in [2.05, 4.69) is 15.9 Å². The van der Waals surface area contributed by atoms with Crippen LogP contribution >= 0.6 is 15.9 Å². The van der Waals surface area contributed by atoms with E-state index in [9.17, 15) is 4.79 Å². The maximum atomic E-state index is 10.6. The summed E-state index contributed by atoms with van der Waals surface area (Å²) in [6.45, 7) is 5.98. The fourth-order valence-electron chi connectivity index (χ4n) is 1.49. The fraction of sp³-hybridized carbons (Fsp3) is 0.357. The van der Waals surface area contributed by atoms with E-state index >= 15 is 0 Å². The van der Waals surface area contributed by atoms with Crippen molar-refractivity contribution in [1.29, 1.82) is 0 Å². The highest BCUT2D eigenvalue weighted by Crippen LogP contribution is 2.30. The summed E-state index contributed by atoms with van der Waals surface area (Å²) in [5.41, 5.74) is 1.75. The molecule has 0 aliphatic heterocycles. The minimum atomic E-state index is -0.970. The van der Waals surface area contributed by atoms with Gasteiger partial charge in [0.05, 0.1) is 6.10 Å². The number of halogens is 1. The van der Waals surface area contributed by atoms with Crippen molar-refractivity contribution in [2.24, 2.45) is 0 Å². The summed E-state index contributed by atoms with van der Waals surface area (Å²) in [5, 5.41) is 8.69. The molecule has 0 spiro atoms. The van der Waals surface area contributed by atoms with Crippen LogP contribution in [0.15, 0.2) is 22.7 Å². The number of carbonyl (C=O) groups is 1. The molecule has 0 heterocycles. The van der Waals surface area contributed by atoms with Crippen molar-refractivity contribution in [1.82, 2.24) is 0 Å². The molecule has 4 heteroatoms. The number of carboxylic acid groups (broad SMARTS) is 1. The van der Waals surface area contributed by atoms with Crippen LogP contribution in [0, 0.1) is 6.92 Å². The van der Waals surface area contributed by atoms with Gasteiger partial charge in [0.2, 0.25) is 0 Å². The van der Waals surface area contributed by atoms with Crippen molar-refractivity contribution in [2.45, 2.75) is 33.3 Å². The van der Waals surface area contributed by atoms with E-state index in [4.69, 9.17) is 9.84 Å². The molecule has 1 rings (SSSR count). The third-order valence-corrected chi connectivity index (χ3v) is 3.03. The van der Waals surface area contributed by atoms with Gasteiger partial charge in [0.1, 0.15) is 5.75 Å². The van der Waals surface area contributed by atoms with Crippen molar-refractivity contribution >= 4 is 28.0 Å². The van der Waals surface area contributed by atoms with Crippen LogP contribution in [0.5, 0.6) is 5.75 Å². The number of aryl methyl sites for hydroxylation is 1. The second-order valence-corrected chi connectivity index (χ2v) is 5.07. The Morgan fingerprint density at radius 1 is 1.56 bits per heavy atom. The largest absolute Gasteiger partial charge is 0.490 e. The Kier molecular flexibility index (Phi) is 5.41. The minimum absolute atomic E-state index is 0.0989.